The first-order valence-corrected chi connectivity index (χ1v) is 10.7. The number of likely N-dealkylation sites (N-methyl/N-ethyl adjacent to an activating group) is 1. The standard InChI is InChI=1S/C23H23N3O2S/c1-25-9-11-26(12-10-25)14-15-2-4-16(5-3-15)20-19(27)7-6-18-21(20)17-8-13-29-22(17)23(28)24-18/h2-8,13,27H,9-12,14H2,1H3,(H,24,28). The van der Waals surface area contributed by atoms with Crippen LogP contribution in [0.1, 0.15) is 5.56 Å². The highest BCUT2D eigenvalue weighted by molar-refractivity contribution is 7.17. The minimum absolute atomic E-state index is 0.0818. The Kier molecular flexibility index (Phi) is 4.62. The van der Waals surface area contributed by atoms with Crippen LogP contribution in [0.3, 0.4) is 0 Å². The number of hydrogen-bond acceptors (Lipinski definition) is 5. The van der Waals surface area contributed by atoms with Crippen LogP contribution < -0.4 is 5.56 Å². The van der Waals surface area contributed by atoms with E-state index in [2.05, 4.69) is 46.1 Å². The summed E-state index contributed by atoms with van der Waals surface area (Å²) in [7, 11) is 2.17. The number of aromatic hydroxyl groups is 1. The Morgan fingerprint density at radius 1 is 1.03 bits per heavy atom. The fourth-order valence-corrected chi connectivity index (χ4v) is 4.97. The fourth-order valence-electron chi connectivity index (χ4n) is 4.17. The van der Waals surface area contributed by atoms with E-state index in [9.17, 15) is 9.90 Å². The molecule has 3 heterocycles. The van der Waals surface area contributed by atoms with Gasteiger partial charge in [0.25, 0.3) is 5.56 Å². The van der Waals surface area contributed by atoms with Gasteiger partial charge in [-0.05, 0) is 41.8 Å². The number of fused-ring (bicyclic) bond motifs is 3. The maximum absolute atomic E-state index is 12.3. The predicted octanol–water partition coefficient (Wildman–Crippen LogP) is 3.86. The lowest BCUT2D eigenvalue weighted by Crippen LogP contribution is -2.43. The highest BCUT2D eigenvalue weighted by atomic mass is 32.1. The quantitative estimate of drug-likeness (QED) is 0.543. The van der Waals surface area contributed by atoms with Crippen molar-refractivity contribution in [3.8, 4) is 16.9 Å². The molecule has 0 saturated carbocycles. The number of rotatable bonds is 3. The number of benzene rings is 2. The average molecular weight is 406 g/mol. The number of aromatic amines is 1. The molecule has 0 atom stereocenters. The molecule has 4 aromatic rings. The smallest absolute Gasteiger partial charge is 0.266 e. The molecule has 6 heteroatoms. The molecule has 1 aliphatic heterocycles. The van der Waals surface area contributed by atoms with E-state index in [1.54, 1.807) is 12.1 Å². The molecule has 0 bridgehead atoms. The second-order valence-corrected chi connectivity index (χ2v) is 8.69. The van der Waals surface area contributed by atoms with Gasteiger partial charge < -0.3 is 15.0 Å². The van der Waals surface area contributed by atoms with Crippen molar-refractivity contribution in [1.29, 1.82) is 0 Å². The molecule has 1 saturated heterocycles. The van der Waals surface area contributed by atoms with Crippen LogP contribution in [0.15, 0.2) is 52.6 Å². The molecule has 29 heavy (non-hydrogen) atoms. The number of aromatic nitrogens is 1. The average Bonchev–Trinajstić information content (AvgIpc) is 3.22. The molecule has 2 N–H and O–H groups in total. The van der Waals surface area contributed by atoms with Gasteiger partial charge in [0.15, 0.2) is 0 Å². The predicted molar refractivity (Wildman–Crippen MR) is 120 cm³/mol. The van der Waals surface area contributed by atoms with Crippen molar-refractivity contribution in [1.82, 2.24) is 14.8 Å². The molecule has 0 aliphatic carbocycles. The number of nitrogens with zero attached hydrogens (tertiary/aromatic N) is 2. The summed E-state index contributed by atoms with van der Waals surface area (Å²) < 4.78 is 0.691. The number of phenols is 1. The molecule has 0 amide bonds. The number of piperazine rings is 1. The highest BCUT2D eigenvalue weighted by Gasteiger charge is 2.16. The van der Waals surface area contributed by atoms with E-state index < -0.39 is 0 Å². The van der Waals surface area contributed by atoms with Crippen LogP contribution in [0.25, 0.3) is 32.1 Å². The Hall–Kier alpha value is -2.67. The van der Waals surface area contributed by atoms with Gasteiger partial charge in [-0.15, -0.1) is 11.3 Å². The van der Waals surface area contributed by atoms with Crippen LogP contribution in [0.4, 0.5) is 0 Å². The van der Waals surface area contributed by atoms with Crippen LogP contribution >= 0.6 is 11.3 Å². The second kappa shape index (κ2) is 7.30. The van der Waals surface area contributed by atoms with Crippen molar-refractivity contribution in [2.24, 2.45) is 0 Å². The van der Waals surface area contributed by atoms with Gasteiger partial charge in [0.1, 0.15) is 10.4 Å². The molecule has 0 unspecified atom stereocenters. The molecule has 2 aromatic carbocycles. The topological polar surface area (TPSA) is 59.6 Å². The molecular formula is C23H23N3O2S. The first kappa shape index (κ1) is 18.4. The molecular weight excluding hydrogens is 382 g/mol. The van der Waals surface area contributed by atoms with E-state index in [1.807, 2.05) is 11.4 Å². The number of hydrogen-bond donors (Lipinski definition) is 2. The maximum atomic E-state index is 12.3. The number of thiophene rings is 1. The molecule has 0 radical (unpaired) electrons. The van der Waals surface area contributed by atoms with Crippen LogP contribution in [0.5, 0.6) is 5.75 Å². The second-order valence-electron chi connectivity index (χ2n) is 7.78. The van der Waals surface area contributed by atoms with Gasteiger partial charge >= 0.3 is 0 Å². The summed E-state index contributed by atoms with van der Waals surface area (Å²) in [6.07, 6.45) is 0. The first-order chi connectivity index (χ1) is 14.1. The van der Waals surface area contributed by atoms with Gasteiger partial charge in [-0.2, -0.15) is 0 Å². The largest absolute Gasteiger partial charge is 0.507 e. The summed E-state index contributed by atoms with van der Waals surface area (Å²) in [4.78, 5) is 20.1. The van der Waals surface area contributed by atoms with Gasteiger partial charge in [0.2, 0.25) is 0 Å². The van der Waals surface area contributed by atoms with Crippen molar-refractivity contribution in [2.75, 3.05) is 33.2 Å². The molecule has 0 spiro atoms. The van der Waals surface area contributed by atoms with Gasteiger partial charge in [-0.25, -0.2) is 0 Å². The van der Waals surface area contributed by atoms with E-state index in [0.29, 0.717) is 4.70 Å². The maximum Gasteiger partial charge on any atom is 0.266 e. The number of phenolic OH excluding ortho intramolecular Hbond substituents is 1. The summed E-state index contributed by atoms with van der Waals surface area (Å²) in [5.41, 5.74) is 3.66. The lowest BCUT2D eigenvalue weighted by atomic mass is 9.96. The fraction of sp³-hybridized carbons (Fsp3) is 0.261. The lowest BCUT2D eigenvalue weighted by molar-refractivity contribution is 0.148. The summed E-state index contributed by atoms with van der Waals surface area (Å²) in [5, 5.41) is 14.4. The van der Waals surface area contributed by atoms with E-state index in [1.165, 1.54) is 16.9 Å². The van der Waals surface area contributed by atoms with E-state index in [0.717, 1.165) is 60.1 Å². The Morgan fingerprint density at radius 3 is 2.55 bits per heavy atom. The van der Waals surface area contributed by atoms with Crippen LogP contribution in [0.2, 0.25) is 0 Å². The van der Waals surface area contributed by atoms with E-state index >= 15 is 0 Å². The van der Waals surface area contributed by atoms with Crippen molar-refractivity contribution < 1.29 is 5.11 Å². The Balaban J connectivity index is 1.55. The van der Waals surface area contributed by atoms with Crippen molar-refractivity contribution >= 4 is 32.3 Å². The molecule has 148 valence electrons. The third-order valence-electron chi connectivity index (χ3n) is 5.82. The van der Waals surface area contributed by atoms with Crippen molar-refractivity contribution in [3.05, 3.63) is 63.8 Å². The lowest BCUT2D eigenvalue weighted by Gasteiger charge is -2.32. The van der Waals surface area contributed by atoms with Crippen LogP contribution in [0, 0.1) is 0 Å². The van der Waals surface area contributed by atoms with E-state index in [4.69, 9.17) is 0 Å². The van der Waals surface area contributed by atoms with Gasteiger partial charge in [0, 0.05) is 54.6 Å². The van der Waals surface area contributed by atoms with Crippen molar-refractivity contribution in [2.45, 2.75) is 6.54 Å². The van der Waals surface area contributed by atoms with E-state index in [-0.39, 0.29) is 11.3 Å². The Labute approximate surface area is 172 Å². The molecule has 2 aromatic heterocycles. The summed E-state index contributed by atoms with van der Waals surface area (Å²) in [6, 6.07) is 13.8. The van der Waals surface area contributed by atoms with Gasteiger partial charge in [-0.3, -0.25) is 9.69 Å². The zero-order valence-electron chi connectivity index (χ0n) is 16.3. The summed E-state index contributed by atoms with van der Waals surface area (Å²) in [6.45, 7) is 5.34. The summed E-state index contributed by atoms with van der Waals surface area (Å²) in [5.74, 6) is 0.226. The zero-order valence-corrected chi connectivity index (χ0v) is 17.1. The monoisotopic (exact) mass is 405 g/mol. The zero-order chi connectivity index (χ0) is 20.0. The molecule has 1 aliphatic rings. The van der Waals surface area contributed by atoms with Crippen LogP contribution in [-0.2, 0) is 6.54 Å². The third kappa shape index (κ3) is 3.33. The Bertz CT molecular complexity index is 1230. The third-order valence-corrected chi connectivity index (χ3v) is 6.73. The first-order valence-electron chi connectivity index (χ1n) is 9.85. The normalized spacial score (nSPS) is 16.0. The number of pyridine rings is 1. The highest BCUT2D eigenvalue weighted by Crippen LogP contribution is 2.39. The number of nitrogens with one attached hydrogen (secondary N) is 1. The molecule has 5 nitrogen and oxygen atoms in total. The molecule has 5 rings (SSSR count). The van der Waals surface area contributed by atoms with Gasteiger partial charge in [-0.1, -0.05) is 24.3 Å². The van der Waals surface area contributed by atoms with Crippen LogP contribution in [-0.4, -0.2) is 53.1 Å². The van der Waals surface area contributed by atoms with Gasteiger partial charge in [0.05, 0.1) is 0 Å². The molecule has 1 fully saturated rings. The number of H-pyrrole nitrogens is 1. The van der Waals surface area contributed by atoms with Crippen molar-refractivity contribution in [3.63, 3.8) is 0 Å². The minimum atomic E-state index is -0.0818. The SMILES string of the molecule is CN1CCN(Cc2ccc(-c3c(O)ccc4[nH]c(=O)c5sccc5c34)cc2)CC1. The summed E-state index contributed by atoms with van der Waals surface area (Å²) >= 11 is 1.43. The minimum Gasteiger partial charge on any atom is -0.507 e. The Morgan fingerprint density at radius 2 is 1.79 bits per heavy atom.